The lowest BCUT2D eigenvalue weighted by molar-refractivity contribution is -0.141. The van der Waals surface area contributed by atoms with Crippen LogP contribution in [0.4, 0.5) is 4.79 Å². The molecule has 0 radical (unpaired) electrons. The van der Waals surface area contributed by atoms with Crippen molar-refractivity contribution in [3.8, 4) is 11.1 Å². The number of nitrogens with zero attached hydrogens (tertiary/aromatic N) is 1. The van der Waals surface area contributed by atoms with Crippen LogP contribution >= 0.6 is 0 Å². The van der Waals surface area contributed by atoms with Gasteiger partial charge in [-0.3, -0.25) is 9.69 Å². The van der Waals surface area contributed by atoms with Gasteiger partial charge in [0.15, 0.2) is 0 Å². The predicted octanol–water partition coefficient (Wildman–Crippen LogP) is 2.60. The average molecular weight is 394 g/mol. The van der Waals surface area contributed by atoms with Gasteiger partial charge in [0.05, 0.1) is 0 Å². The van der Waals surface area contributed by atoms with Crippen molar-refractivity contribution in [3.63, 3.8) is 0 Å². The van der Waals surface area contributed by atoms with Gasteiger partial charge in [0.1, 0.15) is 12.6 Å². The summed E-state index contributed by atoms with van der Waals surface area (Å²) in [5.41, 5.74) is 4.43. The zero-order chi connectivity index (χ0) is 20.5. The Labute approximate surface area is 168 Å². The van der Waals surface area contributed by atoms with Gasteiger partial charge in [-0.2, -0.15) is 0 Å². The molecule has 2 N–H and O–H groups in total. The molecule has 150 valence electrons. The van der Waals surface area contributed by atoms with Crippen LogP contribution in [0.1, 0.15) is 30.4 Å². The third kappa shape index (κ3) is 3.55. The SMILES string of the molecule is CC(=O)N[C@H]1C[C@H](C(=O)O)N(C(=O)OCC2c3ccccc3-c3ccccc32)C1. The molecule has 29 heavy (non-hydrogen) atoms. The third-order valence-corrected chi connectivity index (χ3v) is 5.56. The highest BCUT2D eigenvalue weighted by Gasteiger charge is 2.41. The van der Waals surface area contributed by atoms with Gasteiger partial charge in [0, 0.05) is 31.8 Å². The van der Waals surface area contributed by atoms with E-state index in [9.17, 15) is 19.5 Å². The number of likely N-dealkylation sites (tertiary alicyclic amines) is 1. The van der Waals surface area contributed by atoms with Gasteiger partial charge in [-0.1, -0.05) is 48.5 Å². The Balaban J connectivity index is 1.49. The van der Waals surface area contributed by atoms with Crippen molar-refractivity contribution in [2.45, 2.75) is 31.3 Å². The molecule has 0 saturated carbocycles. The highest BCUT2D eigenvalue weighted by molar-refractivity contribution is 5.82. The van der Waals surface area contributed by atoms with Gasteiger partial charge >= 0.3 is 12.1 Å². The van der Waals surface area contributed by atoms with Crippen LogP contribution in [0.15, 0.2) is 48.5 Å². The summed E-state index contributed by atoms with van der Waals surface area (Å²) in [6.45, 7) is 1.61. The van der Waals surface area contributed by atoms with E-state index in [1.165, 1.54) is 11.8 Å². The molecule has 7 nitrogen and oxygen atoms in total. The molecule has 2 amide bonds. The Bertz CT molecular complexity index is 928. The molecule has 0 bridgehead atoms. The largest absolute Gasteiger partial charge is 0.480 e. The van der Waals surface area contributed by atoms with Crippen LogP contribution in [0.25, 0.3) is 11.1 Å². The number of hydrogen-bond donors (Lipinski definition) is 2. The monoisotopic (exact) mass is 394 g/mol. The predicted molar refractivity (Wildman–Crippen MR) is 105 cm³/mol. The van der Waals surface area contributed by atoms with E-state index in [1.807, 2.05) is 36.4 Å². The maximum atomic E-state index is 12.7. The lowest BCUT2D eigenvalue weighted by Gasteiger charge is -2.22. The second kappa shape index (κ2) is 7.58. The second-order valence-electron chi connectivity index (χ2n) is 7.44. The number of rotatable bonds is 4. The van der Waals surface area contributed by atoms with Crippen molar-refractivity contribution in [1.29, 1.82) is 0 Å². The number of carbonyl (C=O) groups excluding carboxylic acids is 2. The van der Waals surface area contributed by atoms with Crippen LogP contribution in [-0.4, -0.2) is 53.2 Å². The smallest absolute Gasteiger partial charge is 0.410 e. The summed E-state index contributed by atoms with van der Waals surface area (Å²) in [6.07, 6.45) is -0.508. The first-order chi connectivity index (χ1) is 14.0. The molecule has 2 atom stereocenters. The molecule has 0 unspecified atom stereocenters. The molecule has 2 aliphatic rings. The maximum Gasteiger partial charge on any atom is 0.410 e. The van der Waals surface area contributed by atoms with E-state index in [2.05, 4.69) is 17.4 Å². The molecule has 1 aliphatic heterocycles. The van der Waals surface area contributed by atoms with Crippen molar-refractivity contribution in [1.82, 2.24) is 10.2 Å². The Morgan fingerprint density at radius 1 is 1.07 bits per heavy atom. The van der Waals surface area contributed by atoms with E-state index >= 15 is 0 Å². The summed E-state index contributed by atoms with van der Waals surface area (Å²) >= 11 is 0. The topological polar surface area (TPSA) is 95.9 Å². The average Bonchev–Trinajstić information content (AvgIpc) is 3.25. The summed E-state index contributed by atoms with van der Waals surface area (Å²) in [6, 6.07) is 14.6. The van der Waals surface area contributed by atoms with Crippen molar-refractivity contribution >= 4 is 18.0 Å². The number of aliphatic carboxylic acids is 1. The Hall–Kier alpha value is -3.35. The van der Waals surface area contributed by atoms with E-state index in [1.54, 1.807) is 0 Å². The quantitative estimate of drug-likeness (QED) is 0.831. The summed E-state index contributed by atoms with van der Waals surface area (Å²) < 4.78 is 5.57. The maximum absolute atomic E-state index is 12.7. The van der Waals surface area contributed by atoms with E-state index in [-0.39, 0.29) is 31.4 Å². The first-order valence-corrected chi connectivity index (χ1v) is 9.57. The minimum atomic E-state index is -1.11. The summed E-state index contributed by atoms with van der Waals surface area (Å²) in [5.74, 6) is -1.46. The zero-order valence-electron chi connectivity index (χ0n) is 16.0. The van der Waals surface area contributed by atoms with Gasteiger partial charge in [-0.05, 0) is 22.3 Å². The van der Waals surface area contributed by atoms with Crippen LogP contribution < -0.4 is 5.32 Å². The standard InChI is InChI=1S/C22H22N2O5/c1-13(25)23-14-10-20(21(26)27)24(11-14)22(28)29-12-19-17-8-4-2-6-15(17)16-7-3-5-9-18(16)19/h2-9,14,19-20H,10-12H2,1H3,(H,23,25)(H,26,27)/t14-,20+/m0/s1. The molecule has 1 aliphatic carbocycles. The normalized spacial score (nSPS) is 20.1. The van der Waals surface area contributed by atoms with Crippen molar-refractivity contribution in [2.24, 2.45) is 0 Å². The zero-order valence-corrected chi connectivity index (χ0v) is 16.0. The highest BCUT2D eigenvalue weighted by atomic mass is 16.6. The lowest BCUT2D eigenvalue weighted by Crippen LogP contribution is -2.42. The number of amides is 2. The van der Waals surface area contributed by atoms with Gasteiger partial charge < -0.3 is 15.2 Å². The molecule has 7 heteroatoms. The van der Waals surface area contributed by atoms with Gasteiger partial charge in [0.25, 0.3) is 0 Å². The van der Waals surface area contributed by atoms with Crippen LogP contribution in [0.2, 0.25) is 0 Å². The van der Waals surface area contributed by atoms with E-state index in [0.29, 0.717) is 0 Å². The summed E-state index contributed by atoms with van der Waals surface area (Å²) in [7, 11) is 0. The molecule has 1 fully saturated rings. The van der Waals surface area contributed by atoms with Crippen molar-refractivity contribution in [2.75, 3.05) is 13.2 Å². The van der Waals surface area contributed by atoms with E-state index in [0.717, 1.165) is 22.3 Å². The molecule has 0 aromatic heterocycles. The molecular weight excluding hydrogens is 372 g/mol. The molecule has 1 heterocycles. The molecule has 4 rings (SSSR count). The first-order valence-electron chi connectivity index (χ1n) is 9.57. The Morgan fingerprint density at radius 3 is 2.21 bits per heavy atom. The van der Waals surface area contributed by atoms with Crippen molar-refractivity contribution < 1.29 is 24.2 Å². The first kappa shape index (κ1) is 19.0. The Kier molecular flexibility index (Phi) is 4.96. The minimum absolute atomic E-state index is 0.0941. The second-order valence-corrected chi connectivity index (χ2v) is 7.44. The molecule has 1 saturated heterocycles. The van der Waals surface area contributed by atoms with E-state index < -0.39 is 24.1 Å². The number of nitrogens with one attached hydrogen (secondary N) is 1. The number of benzene rings is 2. The lowest BCUT2D eigenvalue weighted by atomic mass is 9.98. The van der Waals surface area contributed by atoms with Crippen LogP contribution in [0.3, 0.4) is 0 Å². The van der Waals surface area contributed by atoms with Gasteiger partial charge in [-0.15, -0.1) is 0 Å². The summed E-state index contributed by atoms with van der Waals surface area (Å²) in [5, 5.41) is 12.1. The summed E-state index contributed by atoms with van der Waals surface area (Å²) in [4.78, 5) is 36.8. The number of carbonyl (C=O) groups is 3. The number of carboxylic acid groups (broad SMARTS) is 1. The molecule has 0 spiro atoms. The molecule has 2 aromatic carbocycles. The highest BCUT2D eigenvalue weighted by Crippen LogP contribution is 2.44. The number of hydrogen-bond acceptors (Lipinski definition) is 4. The van der Waals surface area contributed by atoms with Crippen LogP contribution in [0.5, 0.6) is 0 Å². The third-order valence-electron chi connectivity index (χ3n) is 5.56. The molecular formula is C22H22N2O5. The number of fused-ring (bicyclic) bond motifs is 3. The fourth-order valence-electron chi connectivity index (χ4n) is 4.34. The van der Waals surface area contributed by atoms with Gasteiger partial charge in [-0.25, -0.2) is 9.59 Å². The van der Waals surface area contributed by atoms with Crippen LogP contribution in [0, 0.1) is 0 Å². The minimum Gasteiger partial charge on any atom is -0.480 e. The fraction of sp³-hybridized carbons (Fsp3) is 0.318. The van der Waals surface area contributed by atoms with Crippen molar-refractivity contribution in [3.05, 3.63) is 59.7 Å². The van der Waals surface area contributed by atoms with Crippen LogP contribution in [-0.2, 0) is 14.3 Å². The number of ether oxygens (including phenoxy) is 1. The number of carboxylic acids is 1. The van der Waals surface area contributed by atoms with E-state index in [4.69, 9.17) is 4.74 Å². The van der Waals surface area contributed by atoms with Gasteiger partial charge in [0.2, 0.25) is 5.91 Å². The Morgan fingerprint density at radius 2 is 1.66 bits per heavy atom. The molecule has 2 aromatic rings. The fourth-order valence-corrected chi connectivity index (χ4v) is 4.34.